The predicted octanol–water partition coefficient (Wildman–Crippen LogP) is 1.09. The Morgan fingerprint density at radius 1 is 1.19 bits per heavy atom. The molecule has 0 N–H and O–H groups in total. The van der Waals surface area contributed by atoms with Gasteiger partial charge in [-0.3, -0.25) is 4.79 Å². The first-order chi connectivity index (χ1) is 13.2. The summed E-state index contributed by atoms with van der Waals surface area (Å²) >= 11 is 0. The van der Waals surface area contributed by atoms with Gasteiger partial charge < -0.3 is 14.5 Å². The summed E-state index contributed by atoms with van der Waals surface area (Å²) in [6, 6.07) is 9.88. The Bertz CT molecular complexity index is 983. The lowest BCUT2D eigenvalue weighted by Crippen LogP contribution is -2.52. The normalized spacial score (nSPS) is 19.2. The van der Waals surface area contributed by atoms with E-state index in [1.165, 1.54) is 6.33 Å². The van der Waals surface area contributed by atoms with Crippen LogP contribution in [0.5, 0.6) is 5.75 Å². The molecule has 138 valence electrons. The molecular weight excluding hydrogens is 344 g/mol. The quantitative estimate of drug-likeness (QED) is 0.677. The lowest BCUT2D eigenvalue weighted by atomic mass is 10.1. The fourth-order valence-corrected chi connectivity index (χ4v) is 3.82. The highest BCUT2D eigenvalue weighted by Crippen LogP contribution is 2.29. The first-order valence-electron chi connectivity index (χ1n) is 9.15. The number of ether oxygens (including phenoxy) is 1. The van der Waals surface area contributed by atoms with Crippen LogP contribution in [0.25, 0.3) is 5.78 Å². The Morgan fingerprint density at radius 3 is 2.81 bits per heavy atom. The monoisotopic (exact) mass is 364 g/mol. The fourth-order valence-electron chi connectivity index (χ4n) is 3.82. The van der Waals surface area contributed by atoms with Gasteiger partial charge in [0, 0.05) is 44.4 Å². The Morgan fingerprint density at radius 2 is 2.00 bits per heavy atom. The van der Waals surface area contributed by atoms with Crippen molar-refractivity contribution in [1.82, 2.24) is 24.5 Å². The summed E-state index contributed by atoms with van der Waals surface area (Å²) in [6.45, 7) is 4.75. The first kappa shape index (κ1) is 16.0. The molecule has 8 nitrogen and oxygen atoms in total. The van der Waals surface area contributed by atoms with Gasteiger partial charge in [-0.1, -0.05) is 18.2 Å². The molecule has 2 aliphatic rings. The number of aryl methyl sites for hydroxylation is 1. The average molecular weight is 364 g/mol. The molecule has 3 aromatic rings. The van der Waals surface area contributed by atoms with Crippen LogP contribution in [-0.4, -0.2) is 62.7 Å². The van der Waals surface area contributed by atoms with Gasteiger partial charge in [0.25, 0.3) is 11.7 Å². The van der Waals surface area contributed by atoms with Gasteiger partial charge in [-0.15, -0.1) is 0 Å². The Labute approximate surface area is 156 Å². The minimum atomic E-state index is -0.404. The molecule has 2 aliphatic heterocycles. The molecule has 5 rings (SSSR count). The molecule has 1 fully saturated rings. The molecule has 2 aromatic heterocycles. The van der Waals surface area contributed by atoms with E-state index < -0.39 is 6.10 Å². The van der Waals surface area contributed by atoms with Crippen molar-refractivity contribution in [2.24, 2.45) is 0 Å². The van der Waals surface area contributed by atoms with Gasteiger partial charge in [0.1, 0.15) is 17.9 Å². The minimum Gasteiger partial charge on any atom is -0.480 e. The summed E-state index contributed by atoms with van der Waals surface area (Å²) in [6.07, 6.45) is 1.76. The number of carbonyl (C=O) groups is 1. The number of piperazine rings is 1. The molecular formula is C19H20N6O2. The number of hydrogen-bond acceptors (Lipinski definition) is 6. The number of amides is 1. The van der Waals surface area contributed by atoms with Crippen LogP contribution in [0, 0.1) is 6.92 Å². The second-order valence-electron chi connectivity index (χ2n) is 6.96. The number of para-hydroxylation sites is 1. The maximum atomic E-state index is 12.9. The highest BCUT2D eigenvalue weighted by atomic mass is 16.5. The standard InChI is InChI=1S/C19H20N6O2/c1-13-10-17(25-19(22-13)20-12-21-25)23-6-8-24(9-7-23)18(26)16-11-14-4-2-3-5-15(14)27-16/h2-5,10,12,16H,6-9,11H2,1H3/t16-/m0/s1. The van der Waals surface area contributed by atoms with Gasteiger partial charge in [0.2, 0.25) is 0 Å². The van der Waals surface area contributed by atoms with Crippen molar-refractivity contribution >= 4 is 17.5 Å². The zero-order chi connectivity index (χ0) is 18.4. The van der Waals surface area contributed by atoms with Crippen LogP contribution >= 0.6 is 0 Å². The third-order valence-electron chi connectivity index (χ3n) is 5.20. The van der Waals surface area contributed by atoms with Gasteiger partial charge in [-0.25, -0.2) is 4.98 Å². The molecule has 0 radical (unpaired) electrons. The summed E-state index contributed by atoms with van der Waals surface area (Å²) in [5.41, 5.74) is 2.01. The van der Waals surface area contributed by atoms with E-state index >= 15 is 0 Å². The fraction of sp³-hybridized carbons (Fsp3) is 0.368. The van der Waals surface area contributed by atoms with Crippen LogP contribution in [0.15, 0.2) is 36.7 Å². The van der Waals surface area contributed by atoms with Gasteiger partial charge in [-0.05, 0) is 18.6 Å². The molecule has 0 spiro atoms. The molecule has 1 aromatic carbocycles. The zero-order valence-corrected chi connectivity index (χ0v) is 15.1. The molecule has 0 unspecified atom stereocenters. The van der Waals surface area contributed by atoms with Crippen LogP contribution in [0.2, 0.25) is 0 Å². The third-order valence-corrected chi connectivity index (χ3v) is 5.20. The largest absolute Gasteiger partial charge is 0.480 e. The van der Waals surface area contributed by atoms with Crippen LogP contribution in [0.3, 0.4) is 0 Å². The van der Waals surface area contributed by atoms with E-state index in [2.05, 4.69) is 20.0 Å². The van der Waals surface area contributed by atoms with Crippen LogP contribution in [0.1, 0.15) is 11.3 Å². The van der Waals surface area contributed by atoms with Crippen molar-refractivity contribution < 1.29 is 9.53 Å². The SMILES string of the molecule is Cc1cc(N2CCN(C(=O)[C@@H]3Cc4ccccc4O3)CC2)n2ncnc2n1. The van der Waals surface area contributed by atoms with E-state index in [0.29, 0.717) is 25.3 Å². The Kier molecular flexibility index (Phi) is 3.70. The lowest BCUT2D eigenvalue weighted by molar-refractivity contribution is -0.138. The molecule has 0 bridgehead atoms. The van der Waals surface area contributed by atoms with E-state index in [1.807, 2.05) is 42.2 Å². The maximum absolute atomic E-state index is 12.9. The summed E-state index contributed by atoms with van der Waals surface area (Å²) < 4.78 is 7.61. The van der Waals surface area contributed by atoms with Gasteiger partial charge in [0.15, 0.2) is 6.10 Å². The molecule has 4 heterocycles. The molecule has 0 saturated carbocycles. The average Bonchev–Trinajstić information content (AvgIpc) is 3.33. The van der Waals surface area contributed by atoms with Gasteiger partial charge in [0.05, 0.1) is 0 Å². The third kappa shape index (κ3) is 2.77. The van der Waals surface area contributed by atoms with E-state index in [-0.39, 0.29) is 5.91 Å². The number of aromatic nitrogens is 4. The number of nitrogens with zero attached hydrogens (tertiary/aromatic N) is 6. The van der Waals surface area contributed by atoms with E-state index in [1.54, 1.807) is 4.52 Å². The summed E-state index contributed by atoms with van der Waals surface area (Å²) in [5.74, 6) is 2.46. The number of rotatable bonds is 2. The van der Waals surface area contributed by atoms with Crippen molar-refractivity contribution in [2.45, 2.75) is 19.4 Å². The first-order valence-corrected chi connectivity index (χ1v) is 9.15. The second kappa shape index (κ2) is 6.22. The Hall–Kier alpha value is -3.16. The van der Waals surface area contributed by atoms with Gasteiger partial charge >= 0.3 is 0 Å². The molecule has 1 saturated heterocycles. The van der Waals surface area contributed by atoms with E-state index in [9.17, 15) is 4.79 Å². The van der Waals surface area contributed by atoms with Crippen LogP contribution in [0.4, 0.5) is 5.82 Å². The van der Waals surface area contributed by atoms with Crippen molar-refractivity contribution in [2.75, 3.05) is 31.1 Å². The Balaban J connectivity index is 1.28. The van der Waals surface area contributed by atoms with Crippen LogP contribution in [-0.2, 0) is 11.2 Å². The molecule has 8 heteroatoms. The summed E-state index contributed by atoms with van der Waals surface area (Å²) in [4.78, 5) is 25.6. The van der Waals surface area contributed by atoms with Gasteiger partial charge in [-0.2, -0.15) is 14.6 Å². The molecule has 0 aliphatic carbocycles. The van der Waals surface area contributed by atoms with E-state index in [4.69, 9.17) is 4.74 Å². The van der Waals surface area contributed by atoms with Crippen molar-refractivity contribution in [3.63, 3.8) is 0 Å². The summed E-state index contributed by atoms with van der Waals surface area (Å²) in [5, 5.41) is 4.28. The smallest absolute Gasteiger partial charge is 0.264 e. The summed E-state index contributed by atoms with van der Waals surface area (Å²) in [7, 11) is 0. The highest BCUT2D eigenvalue weighted by Gasteiger charge is 2.34. The topological polar surface area (TPSA) is 75.9 Å². The number of hydrogen-bond donors (Lipinski definition) is 0. The molecule has 1 atom stereocenters. The van der Waals surface area contributed by atoms with Crippen molar-refractivity contribution in [1.29, 1.82) is 0 Å². The zero-order valence-electron chi connectivity index (χ0n) is 15.1. The van der Waals surface area contributed by atoms with E-state index in [0.717, 1.165) is 35.9 Å². The lowest BCUT2D eigenvalue weighted by Gasteiger charge is -2.36. The molecule has 27 heavy (non-hydrogen) atoms. The number of carbonyl (C=O) groups excluding carboxylic acids is 1. The maximum Gasteiger partial charge on any atom is 0.264 e. The minimum absolute atomic E-state index is 0.0719. The number of anilines is 1. The second-order valence-corrected chi connectivity index (χ2v) is 6.96. The van der Waals surface area contributed by atoms with Crippen molar-refractivity contribution in [3.8, 4) is 5.75 Å². The van der Waals surface area contributed by atoms with Crippen LogP contribution < -0.4 is 9.64 Å². The predicted molar refractivity (Wildman–Crippen MR) is 98.9 cm³/mol. The number of fused-ring (bicyclic) bond motifs is 2. The highest BCUT2D eigenvalue weighted by molar-refractivity contribution is 5.83. The number of benzene rings is 1. The molecule has 1 amide bonds. The van der Waals surface area contributed by atoms with Crippen molar-refractivity contribution in [3.05, 3.63) is 47.9 Å².